The molecule has 0 atom stereocenters. The number of fused-ring (bicyclic) bond motifs is 7. The number of benzene rings is 10. The minimum Gasteiger partial charge on any atom is -0.456 e. The number of hydrogen-bond donors (Lipinski definition) is 0. The Morgan fingerprint density at radius 2 is 0.839 bits per heavy atom. The highest BCUT2D eigenvalue weighted by Gasteiger charge is 2.22. The number of nitrogens with zero attached hydrogens (tertiary/aromatic N) is 1. The highest BCUT2D eigenvalue weighted by Crippen LogP contribution is 2.46. The zero-order chi connectivity index (χ0) is 37.0. The van der Waals surface area contributed by atoms with Crippen molar-refractivity contribution < 1.29 is 4.42 Å². The molecule has 0 radical (unpaired) electrons. The Morgan fingerprint density at radius 1 is 0.304 bits per heavy atom. The predicted molar refractivity (Wildman–Crippen MR) is 237 cm³/mol. The standard InChI is InChI=1S/C54H35NO/c1-2-12-42-34-43(28-22-36(42)10-1)38-30-32-45(33-31-38)55(51-17-9-19-53-54(51)48-15-6-8-18-52(48)56-53)50-16-7-5-14-47(50)40-23-20-37(21-24-40)44-29-27-41-26-25-39-11-3-4-13-46(39)49(41)35-44/h1-35H. The van der Waals surface area contributed by atoms with Crippen LogP contribution < -0.4 is 4.90 Å². The third-order valence-electron chi connectivity index (χ3n) is 11.3. The van der Waals surface area contributed by atoms with E-state index in [1.807, 2.05) is 6.07 Å². The van der Waals surface area contributed by atoms with Crippen LogP contribution in [0, 0.1) is 0 Å². The Labute approximate surface area is 325 Å². The van der Waals surface area contributed by atoms with Crippen molar-refractivity contribution in [3.63, 3.8) is 0 Å². The van der Waals surface area contributed by atoms with Crippen molar-refractivity contribution in [3.05, 3.63) is 212 Å². The molecule has 262 valence electrons. The lowest BCUT2D eigenvalue weighted by Gasteiger charge is -2.28. The summed E-state index contributed by atoms with van der Waals surface area (Å²) < 4.78 is 6.42. The van der Waals surface area contributed by atoms with Crippen LogP contribution in [0.1, 0.15) is 0 Å². The van der Waals surface area contributed by atoms with Gasteiger partial charge >= 0.3 is 0 Å². The monoisotopic (exact) mass is 713 g/mol. The van der Waals surface area contributed by atoms with Gasteiger partial charge in [-0.3, -0.25) is 0 Å². The highest BCUT2D eigenvalue weighted by atomic mass is 16.3. The van der Waals surface area contributed by atoms with E-state index in [9.17, 15) is 0 Å². The van der Waals surface area contributed by atoms with E-state index in [-0.39, 0.29) is 0 Å². The molecule has 2 nitrogen and oxygen atoms in total. The first-order valence-electron chi connectivity index (χ1n) is 19.2. The van der Waals surface area contributed by atoms with Crippen molar-refractivity contribution in [2.75, 3.05) is 4.90 Å². The third kappa shape index (κ3) is 5.42. The summed E-state index contributed by atoms with van der Waals surface area (Å²) in [4.78, 5) is 2.39. The maximum atomic E-state index is 6.42. The first-order chi connectivity index (χ1) is 27.7. The third-order valence-corrected chi connectivity index (χ3v) is 11.3. The first kappa shape index (κ1) is 32.0. The number of rotatable bonds is 6. The average Bonchev–Trinajstić information content (AvgIpc) is 3.66. The predicted octanol–water partition coefficient (Wildman–Crippen LogP) is 15.5. The lowest BCUT2D eigenvalue weighted by Crippen LogP contribution is -2.11. The molecular weight excluding hydrogens is 679 g/mol. The van der Waals surface area contributed by atoms with E-state index in [4.69, 9.17) is 4.42 Å². The molecule has 0 spiro atoms. The summed E-state index contributed by atoms with van der Waals surface area (Å²) in [6.45, 7) is 0. The fourth-order valence-electron chi connectivity index (χ4n) is 8.46. The fraction of sp³-hybridized carbons (Fsp3) is 0. The lowest BCUT2D eigenvalue weighted by molar-refractivity contribution is 0.669. The molecule has 1 aromatic heterocycles. The molecule has 11 rings (SSSR count). The van der Waals surface area contributed by atoms with Crippen molar-refractivity contribution in [3.8, 4) is 33.4 Å². The first-order valence-corrected chi connectivity index (χ1v) is 19.2. The molecule has 56 heavy (non-hydrogen) atoms. The van der Waals surface area contributed by atoms with Crippen molar-refractivity contribution in [2.24, 2.45) is 0 Å². The lowest BCUT2D eigenvalue weighted by atomic mass is 9.95. The summed E-state index contributed by atoms with van der Waals surface area (Å²) in [6, 6.07) is 76.6. The van der Waals surface area contributed by atoms with Crippen LogP contribution >= 0.6 is 0 Å². The number of furan rings is 1. The van der Waals surface area contributed by atoms with Crippen LogP contribution in [0.5, 0.6) is 0 Å². The molecule has 0 aliphatic rings. The summed E-state index contributed by atoms with van der Waals surface area (Å²) in [5, 5.41) is 9.75. The van der Waals surface area contributed by atoms with Gasteiger partial charge in [0.05, 0.1) is 16.8 Å². The van der Waals surface area contributed by atoms with Crippen LogP contribution in [-0.2, 0) is 0 Å². The topological polar surface area (TPSA) is 16.4 Å². The Balaban J connectivity index is 1.04. The average molecular weight is 714 g/mol. The number of anilines is 3. The minimum atomic E-state index is 0.867. The Hall–Kier alpha value is -7.42. The van der Waals surface area contributed by atoms with Gasteiger partial charge in [-0.1, -0.05) is 164 Å². The van der Waals surface area contributed by atoms with Gasteiger partial charge in [-0.15, -0.1) is 0 Å². The highest BCUT2D eigenvalue weighted by molar-refractivity contribution is 6.14. The molecule has 0 unspecified atom stereocenters. The van der Waals surface area contributed by atoms with E-state index in [0.717, 1.165) is 50.1 Å². The van der Waals surface area contributed by atoms with Gasteiger partial charge in [0.15, 0.2) is 0 Å². The summed E-state index contributed by atoms with van der Waals surface area (Å²) in [5.41, 5.74) is 12.0. The van der Waals surface area contributed by atoms with E-state index in [0.29, 0.717) is 0 Å². The van der Waals surface area contributed by atoms with E-state index in [1.54, 1.807) is 0 Å². The molecule has 0 aliphatic carbocycles. The van der Waals surface area contributed by atoms with Gasteiger partial charge in [-0.2, -0.15) is 0 Å². The Bertz CT molecular complexity index is 3250. The molecule has 1 heterocycles. The van der Waals surface area contributed by atoms with Crippen LogP contribution in [0.4, 0.5) is 17.1 Å². The second kappa shape index (κ2) is 13.2. The minimum absolute atomic E-state index is 0.867. The van der Waals surface area contributed by atoms with Crippen molar-refractivity contribution in [1.29, 1.82) is 0 Å². The van der Waals surface area contributed by atoms with E-state index < -0.39 is 0 Å². The summed E-state index contributed by atoms with van der Waals surface area (Å²) in [5.74, 6) is 0. The van der Waals surface area contributed by atoms with Crippen molar-refractivity contribution >= 4 is 71.3 Å². The second-order valence-corrected chi connectivity index (χ2v) is 14.5. The summed E-state index contributed by atoms with van der Waals surface area (Å²) >= 11 is 0. The molecule has 11 aromatic rings. The van der Waals surface area contributed by atoms with E-state index >= 15 is 0 Å². The van der Waals surface area contributed by atoms with Gasteiger partial charge in [0.25, 0.3) is 0 Å². The van der Waals surface area contributed by atoms with Crippen LogP contribution in [-0.4, -0.2) is 0 Å². The zero-order valence-electron chi connectivity index (χ0n) is 30.6. The van der Waals surface area contributed by atoms with Gasteiger partial charge in [0, 0.05) is 16.6 Å². The molecule has 0 N–H and O–H groups in total. The van der Waals surface area contributed by atoms with Crippen LogP contribution in [0.15, 0.2) is 217 Å². The van der Waals surface area contributed by atoms with Gasteiger partial charge in [-0.25, -0.2) is 0 Å². The SMILES string of the molecule is c1ccc(N(c2ccc(-c3ccc4ccccc4c3)cc2)c2cccc3oc4ccccc4c23)c(-c2ccc(-c3ccc4ccc5ccccc5c4c3)cc2)c1. The van der Waals surface area contributed by atoms with Crippen molar-refractivity contribution in [2.45, 2.75) is 0 Å². The van der Waals surface area contributed by atoms with Gasteiger partial charge in [-0.05, 0) is 109 Å². The molecular formula is C54H35NO. The van der Waals surface area contributed by atoms with Crippen LogP contribution in [0.3, 0.4) is 0 Å². The zero-order valence-corrected chi connectivity index (χ0v) is 30.6. The molecule has 0 saturated carbocycles. The quantitative estimate of drug-likeness (QED) is 0.160. The largest absolute Gasteiger partial charge is 0.456 e. The summed E-state index contributed by atoms with van der Waals surface area (Å²) in [7, 11) is 0. The van der Waals surface area contributed by atoms with Crippen LogP contribution in [0.2, 0.25) is 0 Å². The molecule has 0 bridgehead atoms. The molecule has 0 amide bonds. The van der Waals surface area contributed by atoms with Gasteiger partial charge in [0.2, 0.25) is 0 Å². The second-order valence-electron chi connectivity index (χ2n) is 14.5. The van der Waals surface area contributed by atoms with E-state index in [2.05, 4.69) is 211 Å². The van der Waals surface area contributed by atoms with Gasteiger partial charge in [0.1, 0.15) is 11.2 Å². The number of para-hydroxylation sites is 2. The van der Waals surface area contributed by atoms with Crippen LogP contribution in [0.25, 0.3) is 87.6 Å². The fourth-order valence-corrected chi connectivity index (χ4v) is 8.46. The summed E-state index contributed by atoms with van der Waals surface area (Å²) in [6.07, 6.45) is 0. The molecule has 10 aromatic carbocycles. The Morgan fingerprint density at radius 3 is 1.66 bits per heavy atom. The maximum absolute atomic E-state index is 6.42. The molecule has 0 aliphatic heterocycles. The normalized spacial score (nSPS) is 11.6. The van der Waals surface area contributed by atoms with E-state index in [1.165, 1.54) is 54.6 Å². The molecule has 2 heteroatoms. The smallest absolute Gasteiger partial charge is 0.137 e. The Kier molecular flexibility index (Phi) is 7.53. The molecule has 0 fully saturated rings. The van der Waals surface area contributed by atoms with Gasteiger partial charge < -0.3 is 9.32 Å². The van der Waals surface area contributed by atoms with Crippen molar-refractivity contribution in [1.82, 2.24) is 0 Å². The maximum Gasteiger partial charge on any atom is 0.137 e. The molecule has 0 saturated heterocycles. The number of hydrogen-bond acceptors (Lipinski definition) is 2.